The molecule has 4 heteroatoms. The van der Waals surface area contributed by atoms with Crippen LogP contribution >= 0.6 is 0 Å². The molecule has 1 aliphatic carbocycles. The van der Waals surface area contributed by atoms with E-state index in [-0.39, 0.29) is 5.69 Å². The fraction of sp³-hybridized carbons (Fsp3) is 0.571. The first kappa shape index (κ1) is 13.1. The van der Waals surface area contributed by atoms with E-state index in [9.17, 15) is 8.78 Å². The van der Waals surface area contributed by atoms with E-state index in [2.05, 4.69) is 0 Å². The van der Waals surface area contributed by atoms with E-state index in [0.29, 0.717) is 11.7 Å². The fourth-order valence-corrected chi connectivity index (χ4v) is 2.83. The molecule has 0 bridgehead atoms. The number of nitrogen functional groups attached to an aromatic ring is 1. The zero-order valence-electron chi connectivity index (χ0n) is 10.8. The van der Waals surface area contributed by atoms with E-state index < -0.39 is 11.6 Å². The molecule has 0 aromatic heterocycles. The summed E-state index contributed by atoms with van der Waals surface area (Å²) in [5.41, 5.74) is 6.31. The molecule has 2 rings (SSSR count). The second kappa shape index (κ2) is 5.55. The molecule has 0 heterocycles. The Hall–Kier alpha value is -1.32. The average molecular weight is 254 g/mol. The first-order chi connectivity index (χ1) is 8.63. The van der Waals surface area contributed by atoms with Crippen molar-refractivity contribution in [2.75, 3.05) is 17.2 Å². The van der Waals surface area contributed by atoms with Crippen molar-refractivity contribution in [3.63, 3.8) is 0 Å². The van der Waals surface area contributed by atoms with Crippen molar-refractivity contribution < 1.29 is 8.78 Å². The Morgan fingerprint density at radius 1 is 1.22 bits per heavy atom. The molecular formula is C14H20F2N2. The quantitative estimate of drug-likeness (QED) is 0.833. The fourth-order valence-electron chi connectivity index (χ4n) is 2.83. The highest BCUT2D eigenvalue weighted by Crippen LogP contribution is 2.32. The number of halogens is 2. The third-order valence-electron chi connectivity index (χ3n) is 3.74. The van der Waals surface area contributed by atoms with Crippen LogP contribution in [-0.2, 0) is 0 Å². The first-order valence-electron chi connectivity index (χ1n) is 6.64. The highest BCUT2D eigenvalue weighted by Gasteiger charge is 2.23. The number of nitrogens with two attached hydrogens (primary N) is 1. The molecule has 100 valence electrons. The maximum absolute atomic E-state index is 13.5. The smallest absolute Gasteiger partial charge is 0.151 e. The van der Waals surface area contributed by atoms with Crippen LogP contribution in [0.1, 0.15) is 39.0 Å². The third-order valence-corrected chi connectivity index (χ3v) is 3.74. The molecule has 0 unspecified atom stereocenters. The number of nitrogens with zero attached hydrogens (tertiary/aromatic N) is 1. The van der Waals surface area contributed by atoms with E-state index in [0.717, 1.165) is 25.5 Å². The molecule has 1 aliphatic rings. The molecule has 1 aromatic rings. The van der Waals surface area contributed by atoms with Crippen LogP contribution in [0.2, 0.25) is 0 Å². The van der Waals surface area contributed by atoms with E-state index in [1.165, 1.54) is 25.3 Å². The van der Waals surface area contributed by atoms with E-state index in [1.807, 2.05) is 11.8 Å². The van der Waals surface area contributed by atoms with Crippen molar-refractivity contribution in [1.29, 1.82) is 0 Å². The van der Waals surface area contributed by atoms with Crippen molar-refractivity contribution in [2.24, 2.45) is 0 Å². The summed E-state index contributed by atoms with van der Waals surface area (Å²) in [6.45, 7) is 2.72. The van der Waals surface area contributed by atoms with E-state index >= 15 is 0 Å². The summed E-state index contributed by atoms with van der Waals surface area (Å²) in [5.74, 6) is -1.23. The van der Waals surface area contributed by atoms with Gasteiger partial charge in [0.1, 0.15) is 5.82 Å². The maximum atomic E-state index is 13.5. The van der Waals surface area contributed by atoms with Crippen LogP contribution in [0.4, 0.5) is 20.2 Å². The lowest BCUT2D eigenvalue weighted by atomic mass is 9.93. The summed E-state index contributed by atoms with van der Waals surface area (Å²) in [6.07, 6.45) is 5.76. The summed E-state index contributed by atoms with van der Waals surface area (Å²) in [4.78, 5) is 2.04. The molecule has 1 fully saturated rings. The Morgan fingerprint density at radius 3 is 2.50 bits per heavy atom. The normalized spacial score (nSPS) is 16.8. The number of rotatable bonds is 3. The Bertz CT molecular complexity index is 415. The van der Waals surface area contributed by atoms with E-state index in [1.54, 1.807) is 0 Å². The minimum Gasteiger partial charge on any atom is -0.395 e. The number of benzene rings is 1. The topological polar surface area (TPSA) is 29.3 Å². The Labute approximate surface area is 107 Å². The summed E-state index contributed by atoms with van der Waals surface area (Å²) in [6, 6.07) is 2.54. The van der Waals surface area contributed by atoms with Crippen LogP contribution in [-0.4, -0.2) is 12.6 Å². The minimum absolute atomic E-state index is 0.0591. The van der Waals surface area contributed by atoms with Crippen molar-refractivity contribution in [2.45, 2.75) is 45.1 Å². The van der Waals surface area contributed by atoms with Gasteiger partial charge in [-0.25, -0.2) is 8.78 Å². The van der Waals surface area contributed by atoms with Gasteiger partial charge in [-0.15, -0.1) is 0 Å². The van der Waals surface area contributed by atoms with Crippen LogP contribution < -0.4 is 10.6 Å². The van der Waals surface area contributed by atoms with Crippen LogP contribution in [0, 0.1) is 11.6 Å². The van der Waals surface area contributed by atoms with Crippen LogP contribution in [0.25, 0.3) is 0 Å². The first-order valence-corrected chi connectivity index (χ1v) is 6.64. The lowest BCUT2D eigenvalue weighted by Gasteiger charge is -2.36. The molecule has 0 radical (unpaired) electrons. The summed E-state index contributed by atoms with van der Waals surface area (Å²) < 4.78 is 26.9. The minimum atomic E-state index is -0.667. The van der Waals surface area contributed by atoms with Gasteiger partial charge in [0.2, 0.25) is 0 Å². The second-order valence-electron chi connectivity index (χ2n) is 4.90. The number of anilines is 2. The molecule has 2 nitrogen and oxygen atoms in total. The van der Waals surface area contributed by atoms with Crippen molar-refractivity contribution in [3.8, 4) is 0 Å². The van der Waals surface area contributed by atoms with Gasteiger partial charge >= 0.3 is 0 Å². The highest BCUT2D eigenvalue weighted by atomic mass is 19.1. The highest BCUT2D eigenvalue weighted by molar-refractivity contribution is 5.68. The summed E-state index contributed by atoms with van der Waals surface area (Å²) in [5, 5.41) is 0. The molecule has 0 aliphatic heterocycles. The monoisotopic (exact) mass is 254 g/mol. The molecular weight excluding hydrogens is 234 g/mol. The molecule has 0 spiro atoms. The van der Waals surface area contributed by atoms with Gasteiger partial charge in [0.15, 0.2) is 5.82 Å². The summed E-state index contributed by atoms with van der Waals surface area (Å²) in [7, 11) is 0. The molecule has 0 atom stereocenters. The molecule has 2 N–H and O–H groups in total. The van der Waals surface area contributed by atoms with Gasteiger partial charge in [0, 0.05) is 18.7 Å². The number of hydrogen-bond acceptors (Lipinski definition) is 2. The Morgan fingerprint density at radius 2 is 1.89 bits per heavy atom. The predicted molar refractivity (Wildman–Crippen MR) is 70.7 cm³/mol. The van der Waals surface area contributed by atoms with Gasteiger partial charge in [-0.3, -0.25) is 0 Å². The Kier molecular flexibility index (Phi) is 4.04. The van der Waals surface area contributed by atoms with Crippen molar-refractivity contribution >= 4 is 11.4 Å². The SMILES string of the molecule is CCN(c1cc(F)cc(F)c1N)C1CCCCC1. The zero-order valence-corrected chi connectivity index (χ0v) is 10.8. The van der Waals surface area contributed by atoms with Gasteiger partial charge in [0.05, 0.1) is 11.4 Å². The lowest BCUT2D eigenvalue weighted by Crippen LogP contribution is -2.37. The largest absolute Gasteiger partial charge is 0.395 e. The molecule has 1 saturated carbocycles. The van der Waals surface area contributed by atoms with Crippen LogP contribution in [0.3, 0.4) is 0 Å². The van der Waals surface area contributed by atoms with Gasteiger partial charge in [-0.1, -0.05) is 19.3 Å². The standard InChI is InChI=1S/C14H20F2N2/c1-2-18(11-6-4-3-5-7-11)13-9-10(15)8-12(16)14(13)17/h8-9,11H,2-7,17H2,1H3. The predicted octanol–water partition coefficient (Wildman–Crippen LogP) is 3.71. The zero-order chi connectivity index (χ0) is 13.1. The molecule has 18 heavy (non-hydrogen) atoms. The van der Waals surface area contributed by atoms with Crippen LogP contribution in [0.15, 0.2) is 12.1 Å². The lowest BCUT2D eigenvalue weighted by molar-refractivity contribution is 0.417. The number of hydrogen-bond donors (Lipinski definition) is 1. The van der Waals surface area contributed by atoms with Gasteiger partial charge < -0.3 is 10.6 Å². The van der Waals surface area contributed by atoms with Crippen molar-refractivity contribution in [3.05, 3.63) is 23.8 Å². The molecule has 0 saturated heterocycles. The van der Waals surface area contributed by atoms with Crippen molar-refractivity contribution in [1.82, 2.24) is 0 Å². The average Bonchev–Trinajstić information content (AvgIpc) is 2.37. The van der Waals surface area contributed by atoms with Gasteiger partial charge in [-0.2, -0.15) is 0 Å². The van der Waals surface area contributed by atoms with E-state index in [4.69, 9.17) is 5.73 Å². The van der Waals surface area contributed by atoms with Crippen LogP contribution in [0.5, 0.6) is 0 Å². The van der Waals surface area contributed by atoms with Gasteiger partial charge in [0.25, 0.3) is 0 Å². The second-order valence-corrected chi connectivity index (χ2v) is 4.90. The summed E-state index contributed by atoms with van der Waals surface area (Å²) >= 11 is 0. The molecule has 1 aromatic carbocycles. The van der Waals surface area contributed by atoms with Gasteiger partial charge in [-0.05, 0) is 25.8 Å². The molecule has 0 amide bonds. The third kappa shape index (κ3) is 2.57. The Balaban J connectivity index is 2.31. The maximum Gasteiger partial charge on any atom is 0.151 e.